The average Bonchev–Trinajstić information content (AvgIpc) is 3.16. The monoisotopic (exact) mass is 558 g/mol. The van der Waals surface area contributed by atoms with Crippen LogP contribution in [-0.4, -0.2) is 87.4 Å². The molecule has 0 unspecified atom stereocenters. The Morgan fingerprint density at radius 2 is 1.95 bits per heavy atom. The highest BCUT2D eigenvalue weighted by Gasteiger charge is 2.32. The number of carbonyl (C=O) groups excluding carboxylic acids is 1. The van der Waals surface area contributed by atoms with E-state index in [2.05, 4.69) is 9.88 Å². The molecule has 3 atom stereocenters. The first-order chi connectivity index (χ1) is 17.1. The molecule has 14 heteroatoms. The summed E-state index contributed by atoms with van der Waals surface area (Å²) in [6.45, 7) is 6.61. The van der Waals surface area contributed by atoms with Crippen molar-refractivity contribution in [3.63, 3.8) is 0 Å². The third-order valence-electron chi connectivity index (χ3n) is 6.41. The van der Waals surface area contributed by atoms with Gasteiger partial charge in [-0.15, -0.1) is 0 Å². The number of ether oxygens (including phenoxy) is 1. The number of nitrogens with zero attached hydrogens (tertiary/aromatic N) is 3. The minimum Gasteiger partial charge on any atom is -0.488 e. The molecule has 1 aliphatic rings. The van der Waals surface area contributed by atoms with E-state index in [1.54, 1.807) is 13.0 Å². The first-order valence-electron chi connectivity index (χ1n) is 11.7. The van der Waals surface area contributed by atoms with Gasteiger partial charge in [0.05, 0.1) is 31.9 Å². The molecule has 0 spiro atoms. The molecule has 3 rings (SSSR count). The van der Waals surface area contributed by atoms with Crippen LogP contribution < -0.4 is 9.46 Å². The van der Waals surface area contributed by atoms with Gasteiger partial charge in [0.1, 0.15) is 17.5 Å². The highest BCUT2D eigenvalue weighted by molar-refractivity contribution is 7.92. The third-order valence-corrected chi connectivity index (χ3v) is 9.31. The number of sulfonamides is 2. The number of aliphatic hydroxyl groups is 1. The predicted molar refractivity (Wildman–Crippen MR) is 136 cm³/mol. The van der Waals surface area contributed by atoms with Crippen molar-refractivity contribution >= 4 is 31.6 Å². The number of hydrogen-bond donors (Lipinski definition) is 2. The van der Waals surface area contributed by atoms with Crippen LogP contribution in [0.3, 0.4) is 0 Å². The second-order valence-electron chi connectivity index (χ2n) is 9.51. The lowest BCUT2D eigenvalue weighted by Crippen LogP contribution is -2.48. The van der Waals surface area contributed by atoms with Crippen LogP contribution in [0.4, 0.5) is 5.69 Å². The summed E-state index contributed by atoms with van der Waals surface area (Å²) in [7, 11) is -6.07. The largest absolute Gasteiger partial charge is 0.488 e. The maximum Gasteiger partial charge on any atom is 0.267 e. The van der Waals surface area contributed by atoms with Crippen LogP contribution in [0.25, 0.3) is 0 Å². The van der Waals surface area contributed by atoms with E-state index in [0.717, 1.165) is 6.26 Å². The van der Waals surface area contributed by atoms with Gasteiger partial charge in [0.25, 0.3) is 10.0 Å². The summed E-state index contributed by atoms with van der Waals surface area (Å²) in [6, 6.07) is 4.09. The van der Waals surface area contributed by atoms with E-state index in [9.17, 15) is 26.7 Å². The quantitative estimate of drug-likeness (QED) is 0.484. The van der Waals surface area contributed by atoms with Crippen LogP contribution in [0, 0.1) is 19.8 Å². The number of likely N-dealkylation sites (N-methyl/N-ethyl adjacent to an activating group) is 1. The number of anilines is 1. The van der Waals surface area contributed by atoms with Crippen molar-refractivity contribution in [2.24, 2.45) is 5.92 Å². The topological polar surface area (TPSA) is 159 Å². The Labute approximate surface area is 217 Å². The molecule has 0 fully saturated rings. The minimum absolute atomic E-state index is 0.0371. The lowest BCUT2D eigenvalue weighted by molar-refractivity contribution is -0.134. The zero-order chi connectivity index (χ0) is 27.7. The van der Waals surface area contributed by atoms with E-state index in [1.807, 2.05) is 6.92 Å². The Bertz CT molecular complexity index is 1340. The normalized spacial score (nSPS) is 20.0. The molecule has 1 aliphatic heterocycles. The van der Waals surface area contributed by atoms with Gasteiger partial charge >= 0.3 is 0 Å². The van der Waals surface area contributed by atoms with Crippen molar-refractivity contribution in [3.8, 4) is 5.75 Å². The van der Waals surface area contributed by atoms with Crippen molar-refractivity contribution in [3.05, 3.63) is 35.2 Å². The summed E-state index contributed by atoms with van der Waals surface area (Å²) in [4.78, 5) is 14.8. The van der Waals surface area contributed by atoms with Gasteiger partial charge in [0, 0.05) is 30.8 Å². The van der Waals surface area contributed by atoms with Crippen LogP contribution in [0.2, 0.25) is 0 Å². The average molecular weight is 559 g/mol. The molecular weight excluding hydrogens is 524 g/mol. The second kappa shape index (κ2) is 11.0. The summed E-state index contributed by atoms with van der Waals surface area (Å²) >= 11 is 0. The standard InChI is InChI=1S/C23H34N4O8S2/c1-14-11-27(15(2)13-28)22(29)10-18-9-19(25-37(32,33)23-16(3)24-35-17(23)4)7-8-20(18)34-21(14)12-26(5)36(6,30)31/h7-9,14-15,21,25,28H,10-13H2,1-6H3/t14-,15+,21-/m1/s1. The second-order valence-corrected chi connectivity index (χ2v) is 13.2. The van der Waals surface area contributed by atoms with E-state index in [4.69, 9.17) is 9.26 Å². The molecule has 2 heterocycles. The number of hydrogen-bond acceptors (Lipinski definition) is 9. The Kier molecular flexibility index (Phi) is 8.57. The van der Waals surface area contributed by atoms with Crippen LogP contribution >= 0.6 is 0 Å². The number of aromatic nitrogens is 1. The maximum atomic E-state index is 13.3. The molecule has 2 aromatic rings. The Hall–Kier alpha value is -2.68. The first-order valence-corrected chi connectivity index (χ1v) is 15.0. The number of amides is 1. The van der Waals surface area contributed by atoms with Crippen LogP contribution in [0.1, 0.15) is 30.9 Å². The van der Waals surface area contributed by atoms with E-state index in [1.165, 1.54) is 42.2 Å². The summed E-state index contributed by atoms with van der Waals surface area (Å²) in [5.74, 6) is -0.0792. The number of rotatable bonds is 8. The highest BCUT2D eigenvalue weighted by atomic mass is 32.2. The van der Waals surface area contributed by atoms with Crippen LogP contribution in [-0.2, 0) is 31.3 Å². The van der Waals surface area contributed by atoms with Gasteiger partial charge in [-0.25, -0.2) is 21.1 Å². The zero-order valence-electron chi connectivity index (χ0n) is 21.8. The van der Waals surface area contributed by atoms with Crippen molar-refractivity contribution in [1.82, 2.24) is 14.4 Å². The molecule has 1 amide bonds. The summed E-state index contributed by atoms with van der Waals surface area (Å²) in [5, 5.41) is 13.4. The number of aryl methyl sites for hydroxylation is 2. The van der Waals surface area contributed by atoms with E-state index in [-0.39, 0.29) is 60.0 Å². The molecule has 206 valence electrons. The SMILES string of the molecule is Cc1noc(C)c1S(=O)(=O)Nc1ccc2c(c1)CC(=O)N([C@@H](C)CO)C[C@@H](C)[C@@H](CN(C)S(C)(=O)=O)O2. The summed E-state index contributed by atoms with van der Waals surface area (Å²) in [5.41, 5.74) is 0.834. The van der Waals surface area contributed by atoms with Crippen molar-refractivity contribution in [2.75, 3.05) is 37.7 Å². The van der Waals surface area contributed by atoms with Gasteiger partial charge in [-0.1, -0.05) is 12.1 Å². The highest BCUT2D eigenvalue weighted by Crippen LogP contribution is 2.31. The molecule has 1 aromatic carbocycles. The van der Waals surface area contributed by atoms with Gasteiger partial charge in [-0.2, -0.15) is 0 Å². The molecule has 12 nitrogen and oxygen atoms in total. The molecule has 1 aromatic heterocycles. The number of fused-ring (bicyclic) bond motifs is 1. The van der Waals surface area contributed by atoms with Gasteiger partial charge < -0.3 is 19.3 Å². The Morgan fingerprint density at radius 1 is 1.27 bits per heavy atom. The maximum absolute atomic E-state index is 13.3. The van der Waals surface area contributed by atoms with Crippen molar-refractivity contribution < 1.29 is 36.0 Å². The smallest absolute Gasteiger partial charge is 0.267 e. The minimum atomic E-state index is -4.02. The van der Waals surface area contributed by atoms with Gasteiger partial charge in [-0.3, -0.25) is 9.52 Å². The van der Waals surface area contributed by atoms with Crippen molar-refractivity contribution in [1.29, 1.82) is 0 Å². The lowest BCUT2D eigenvalue weighted by atomic mass is 10.0. The van der Waals surface area contributed by atoms with Crippen LogP contribution in [0.5, 0.6) is 5.75 Å². The summed E-state index contributed by atoms with van der Waals surface area (Å²) < 4.78 is 65.0. The molecule has 37 heavy (non-hydrogen) atoms. The Balaban J connectivity index is 2.02. The number of aliphatic hydroxyl groups excluding tert-OH is 1. The number of benzene rings is 1. The van der Waals surface area contributed by atoms with Gasteiger partial charge in [0.15, 0.2) is 10.7 Å². The fraction of sp³-hybridized carbons (Fsp3) is 0.565. The number of nitrogens with one attached hydrogen (secondary N) is 1. The molecule has 0 aliphatic carbocycles. The molecule has 0 radical (unpaired) electrons. The predicted octanol–water partition coefficient (Wildman–Crippen LogP) is 1.13. The van der Waals surface area contributed by atoms with E-state index in [0.29, 0.717) is 11.3 Å². The van der Waals surface area contributed by atoms with E-state index >= 15 is 0 Å². The van der Waals surface area contributed by atoms with E-state index < -0.39 is 32.2 Å². The summed E-state index contributed by atoms with van der Waals surface area (Å²) in [6.07, 6.45) is 0.367. The van der Waals surface area contributed by atoms with Gasteiger partial charge in [-0.05, 0) is 39.0 Å². The number of carbonyl (C=O) groups is 1. The zero-order valence-corrected chi connectivity index (χ0v) is 23.4. The molecular formula is C23H34N4O8S2. The molecule has 0 saturated heterocycles. The van der Waals surface area contributed by atoms with Crippen LogP contribution in [0.15, 0.2) is 27.6 Å². The Morgan fingerprint density at radius 3 is 2.51 bits per heavy atom. The fourth-order valence-corrected chi connectivity index (χ4v) is 5.96. The van der Waals surface area contributed by atoms with Gasteiger partial charge in [0.2, 0.25) is 15.9 Å². The lowest BCUT2D eigenvalue weighted by Gasteiger charge is -2.33. The fourth-order valence-electron chi connectivity index (χ4n) is 4.16. The first kappa shape index (κ1) is 28.9. The molecule has 0 bridgehead atoms. The molecule has 2 N–H and O–H groups in total. The molecule has 0 saturated carbocycles. The third kappa shape index (κ3) is 6.61. The van der Waals surface area contributed by atoms with Crippen molar-refractivity contribution in [2.45, 2.75) is 51.2 Å².